The molecule has 2 aliphatic rings. The normalized spacial score (nSPS) is 25.0. The van der Waals surface area contributed by atoms with Crippen molar-refractivity contribution >= 4 is 16.7 Å². The van der Waals surface area contributed by atoms with E-state index >= 15 is 0 Å². The Hall–Kier alpha value is -1.87. The topological polar surface area (TPSA) is 32.3 Å². The highest BCUT2D eigenvalue weighted by Gasteiger charge is 2.45. The van der Waals surface area contributed by atoms with Crippen LogP contribution < -0.4 is 5.32 Å². The number of fused-ring (bicyclic) bond motifs is 1. The summed E-state index contributed by atoms with van der Waals surface area (Å²) in [5, 5.41) is 5.91. The molecule has 2 aromatic rings. The minimum Gasteiger partial charge on any atom is -0.341 e. The maximum Gasteiger partial charge on any atom is 0.226 e. The van der Waals surface area contributed by atoms with Gasteiger partial charge in [0.15, 0.2) is 0 Å². The van der Waals surface area contributed by atoms with Crippen molar-refractivity contribution in [3.63, 3.8) is 0 Å². The van der Waals surface area contributed by atoms with Gasteiger partial charge in [-0.15, -0.1) is 0 Å². The van der Waals surface area contributed by atoms with Crippen molar-refractivity contribution in [1.29, 1.82) is 0 Å². The molecule has 1 aliphatic heterocycles. The number of rotatable bonds is 2. The van der Waals surface area contributed by atoms with Crippen LogP contribution in [0.4, 0.5) is 0 Å². The fourth-order valence-corrected chi connectivity index (χ4v) is 3.58. The lowest BCUT2D eigenvalue weighted by molar-refractivity contribution is -0.132. The average Bonchev–Trinajstić information content (AvgIpc) is 3.37. The molecule has 3 heteroatoms. The zero-order valence-electron chi connectivity index (χ0n) is 12.8. The van der Waals surface area contributed by atoms with Crippen molar-refractivity contribution < 1.29 is 4.79 Å². The Kier molecular flexibility index (Phi) is 3.59. The quantitative estimate of drug-likeness (QED) is 0.923. The first kappa shape index (κ1) is 13.8. The number of hydrogen-bond acceptors (Lipinski definition) is 2. The van der Waals surface area contributed by atoms with Gasteiger partial charge >= 0.3 is 0 Å². The second kappa shape index (κ2) is 5.73. The number of amides is 1. The third-order valence-corrected chi connectivity index (χ3v) is 4.96. The number of carbonyl (C=O) groups excluding carboxylic acids is 1. The van der Waals surface area contributed by atoms with Gasteiger partial charge < -0.3 is 10.2 Å². The molecule has 4 rings (SSSR count). The van der Waals surface area contributed by atoms with Gasteiger partial charge in [0, 0.05) is 25.6 Å². The van der Waals surface area contributed by atoms with Crippen LogP contribution in [-0.4, -0.2) is 37.0 Å². The number of carbonyl (C=O) groups is 1. The van der Waals surface area contributed by atoms with Gasteiger partial charge in [0.2, 0.25) is 5.91 Å². The summed E-state index contributed by atoms with van der Waals surface area (Å²) in [6.07, 6.45) is 2.08. The second-order valence-electron chi connectivity index (χ2n) is 6.48. The van der Waals surface area contributed by atoms with Crippen molar-refractivity contribution in [3.8, 4) is 0 Å². The summed E-state index contributed by atoms with van der Waals surface area (Å²) in [5.41, 5.74) is 1.32. The summed E-state index contributed by atoms with van der Waals surface area (Å²) in [6, 6.07) is 15.1. The molecule has 0 radical (unpaired) electrons. The first-order valence-corrected chi connectivity index (χ1v) is 8.31. The molecule has 1 aliphatic carbocycles. The predicted molar refractivity (Wildman–Crippen MR) is 88.9 cm³/mol. The zero-order chi connectivity index (χ0) is 14.9. The van der Waals surface area contributed by atoms with E-state index in [2.05, 4.69) is 52.7 Å². The summed E-state index contributed by atoms with van der Waals surface area (Å²) in [6.45, 7) is 3.73. The number of nitrogens with zero attached hydrogens (tertiary/aromatic N) is 1. The Morgan fingerprint density at radius 1 is 1.05 bits per heavy atom. The molecular weight excluding hydrogens is 272 g/mol. The minimum atomic E-state index is 0.208. The molecule has 1 N–H and O–H groups in total. The minimum absolute atomic E-state index is 0.208. The van der Waals surface area contributed by atoms with Crippen molar-refractivity contribution in [3.05, 3.63) is 48.0 Å². The maximum atomic E-state index is 12.7. The highest BCUT2D eigenvalue weighted by Crippen LogP contribution is 2.49. The molecule has 0 bridgehead atoms. The maximum absolute atomic E-state index is 12.7. The molecule has 114 valence electrons. The van der Waals surface area contributed by atoms with Crippen LogP contribution in [0.5, 0.6) is 0 Å². The largest absolute Gasteiger partial charge is 0.341 e. The molecule has 0 aromatic heterocycles. The highest BCUT2D eigenvalue weighted by molar-refractivity contribution is 5.86. The lowest BCUT2D eigenvalue weighted by Gasteiger charge is -2.20. The molecule has 2 aromatic carbocycles. The van der Waals surface area contributed by atoms with E-state index in [9.17, 15) is 4.79 Å². The molecule has 1 amide bonds. The molecule has 1 heterocycles. The number of nitrogens with one attached hydrogen (secondary N) is 1. The van der Waals surface area contributed by atoms with Gasteiger partial charge in [-0.05, 0) is 41.6 Å². The van der Waals surface area contributed by atoms with Gasteiger partial charge in [0.1, 0.15) is 0 Å². The van der Waals surface area contributed by atoms with Crippen molar-refractivity contribution in [2.75, 3.05) is 26.2 Å². The summed E-state index contributed by atoms with van der Waals surface area (Å²) >= 11 is 0. The van der Waals surface area contributed by atoms with Crippen LogP contribution in [0.3, 0.4) is 0 Å². The van der Waals surface area contributed by atoms with Crippen LogP contribution in [0, 0.1) is 5.92 Å². The molecule has 2 atom stereocenters. The van der Waals surface area contributed by atoms with Crippen molar-refractivity contribution in [1.82, 2.24) is 10.2 Å². The van der Waals surface area contributed by atoms with Gasteiger partial charge in [-0.1, -0.05) is 42.5 Å². The van der Waals surface area contributed by atoms with Gasteiger partial charge in [-0.3, -0.25) is 4.79 Å². The Balaban J connectivity index is 1.49. The summed E-state index contributed by atoms with van der Waals surface area (Å²) in [7, 11) is 0. The lowest BCUT2D eigenvalue weighted by Crippen LogP contribution is -2.35. The zero-order valence-corrected chi connectivity index (χ0v) is 12.8. The SMILES string of the molecule is O=C(C1CC1c1ccc2ccccc2c1)N1CCCNCC1. The van der Waals surface area contributed by atoms with Crippen LogP contribution >= 0.6 is 0 Å². The van der Waals surface area contributed by atoms with Crippen LogP contribution in [-0.2, 0) is 4.79 Å². The second-order valence-corrected chi connectivity index (χ2v) is 6.48. The lowest BCUT2D eigenvalue weighted by atomic mass is 10.0. The Morgan fingerprint density at radius 2 is 1.91 bits per heavy atom. The van der Waals surface area contributed by atoms with E-state index in [4.69, 9.17) is 0 Å². The summed E-state index contributed by atoms with van der Waals surface area (Å²) in [4.78, 5) is 14.7. The predicted octanol–water partition coefficient (Wildman–Crippen LogP) is 2.77. The summed E-state index contributed by atoms with van der Waals surface area (Å²) in [5.74, 6) is 0.995. The smallest absolute Gasteiger partial charge is 0.226 e. The Labute approximate surface area is 131 Å². The molecule has 0 spiro atoms. The standard InChI is InChI=1S/C19H22N2O/c22-19(21-10-3-8-20-9-11-21)18-13-17(18)16-7-6-14-4-1-2-5-15(14)12-16/h1-2,4-7,12,17-18,20H,3,8-11,13H2. The first-order chi connectivity index (χ1) is 10.8. The van der Waals surface area contributed by atoms with Crippen molar-refractivity contribution in [2.24, 2.45) is 5.92 Å². The fourth-order valence-electron chi connectivity index (χ4n) is 3.58. The fraction of sp³-hybridized carbons (Fsp3) is 0.421. The third-order valence-electron chi connectivity index (χ3n) is 4.96. The average molecular weight is 294 g/mol. The van der Waals surface area contributed by atoms with Gasteiger partial charge in [-0.2, -0.15) is 0 Å². The van der Waals surface area contributed by atoms with Gasteiger partial charge in [0.25, 0.3) is 0 Å². The van der Waals surface area contributed by atoms with Crippen LogP contribution in [0.25, 0.3) is 10.8 Å². The van der Waals surface area contributed by atoms with Crippen LogP contribution in [0.15, 0.2) is 42.5 Å². The van der Waals surface area contributed by atoms with Crippen LogP contribution in [0.2, 0.25) is 0 Å². The van der Waals surface area contributed by atoms with E-state index in [1.807, 2.05) is 0 Å². The Morgan fingerprint density at radius 3 is 2.82 bits per heavy atom. The first-order valence-electron chi connectivity index (χ1n) is 8.31. The molecular formula is C19H22N2O. The molecule has 2 fully saturated rings. The van der Waals surface area contributed by atoms with E-state index < -0.39 is 0 Å². The van der Waals surface area contributed by atoms with Crippen molar-refractivity contribution in [2.45, 2.75) is 18.8 Å². The van der Waals surface area contributed by atoms with Gasteiger partial charge in [-0.25, -0.2) is 0 Å². The van der Waals surface area contributed by atoms with E-state index in [-0.39, 0.29) is 5.92 Å². The molecule has 1 saturated carbocycles. The third kappa shape index (κ3) is 2.61. The Bertz CT molecular complexity index is 689. The van der Waals surface area contributed by atoms with Gasteiger partial charge in [0.05, 0.1) is 0 Å². The van der Waals surface area contributed by atoms with E-state index in [1.54, 1.807) is 0 Å². The molecule has 3 nitrogen and oxygen atoms in total. The molecule has 2 unspecified atom stereocenters. The van der Waals surface area contributed by atoms with E-state index in [1.165, 1.54) is 16.3 Å². The number of benzene rings is 2. The number of hydrogen-bond donors (Lipinski definition) is 1. The summed E-state index contributed by atoms with van der Waals surface area (Å²) < 4.78 is 0. The highest BCUT2D eigenvalue weighted by atomic mass is 16.2. The van der Waals surface area contributed by atoms with E-state index in [0.717, 1.165) is 39.0 Å². The monoisotopic (exact) mass is 294 g/mol. The van der Waals surface area contributed by atoms with Crippen LogP contribution in [0.1, 0.15) is 24.3 Å². The molecule has 22 heavy (non-hydrogen) atoms. The van der Waals surface area contributed by atoms with E-state index in [0.29, 0.717) is 11.8 Å². The molecule has 1 saturated heterocycles.